The minimum atomic E-state index is 0.407. The van der Waals surface area contributed by atoms with Crippen molar-refractivity contribution in [1.29, 1.82) is 5.26 Å². The Morgan fingerprint density at radius 3 is 2.70 bits per heavy atom. The topological polar surface area (TPSA) is 77.4 Å². The summed E-state index contributed by atoms with van der Waals surface area (Å²) in [6, 6.07) is 18.4. The van der Waals surface area contributed by atoms with Gasteiger partial charge in [0.05, 0.1) is 12.5 Å². The van der Waals surface area contributed by atoms with Crippen molar-refractivity contribution in [3.63, 3.8) is 0 Å². The highest BCUT2D eigenvalue weighted by Gasteiger charge is 2.14. The van der Waals surface area contributed by atoms with E-state index >= 15 is 0 Å². The number of aromatic amines is 1. The number of hydrogen-bond donors (Lipinski definition) is 2. The Morgan fingerprint density at radius 2 is 1.85 bits per heavy atom. The van der Waals surface area contributed by atoms with E-state index in [2.05, 4.69) is 44.5 Å². The van der Waals surface area contributed by atoms with E-state index < -0.39 is 0 Å². The van der Waals surface area contributed by atoms with Crippen molar-refractivity contribution in [2.24, 2.45) is 0 Å². The van der Waals surface area contributed by atoms with E-state index in [-0.39, 0.29) is 0 Å². The van der Waals surface area contributed by atoms with E-state index in [1.807, 2.05) is 30.3 Å². The van der Waals surface area contributed by atoms with Crippen molar-refractivity contribution < 1.29 is 0 Å². The number of nitriles is 1. The highest BCUT2D eigenvalue weighted by Crippen LogP contribution is 2.32. The molecule has 132 valence electrons. The van der Waals surface area contributed by atoms with Crippen LogP contribution in [0, 0.1) is 11.3 Å². The lowest BCUT2D eigenvalue weighted by Crippen LogP contribution is -2.13. The van der Waals surface area contributed by atoms with Crippen LogP contribution in [0.3, 0.4) is 0 Å². The second-order valence-corrected chi connectivity index (χ2v) is 6.37. The molecule has 4 aromatic rings. The maximum Gasteiger partial charge on any atom is 0.138 e. The molecule has 0 bridgehead atoms. The maximum absolute atomic E-state index is 9.01. The number of nitrogens with zero attached hydrogens (tertiary/aromatic N) is 3. The lowest BCUT2D eigenvalue weighted by molar-refractivity contribution is 0.683. The summed E-state index contributed by atoms with van der Waals surface area (Å²) in [5.74, 6) is 0. The normalized spacial score (nSPS) is 10.8. The van der Waals surface area contributed by atoms with Gasteiger partial charge in [0.1, 0.15) is 5.65 Å². The van der Waals surface area contributed by atoms with Crippen LogP contribution < -0.4 is 5.32 Å². The SMILES string of the molecule is N#CCc1cccc(-c2c(CNCc3ccncc3)[nH]c3ncccc23)c1. The van der Waals surface area contributed by atoms with Gasteiger partial charge < -0.3 is 10.3 Å². The average Bonchev–Trinajstić information content (AvgIpc) is 3.07. The van der Waals surface area contributed by atoms with E-state index in [9.17, 15) is 0 Å². The predicted molar refractivity (Wildman–Crippen MR) is 106 cm³/mol. The summed E-state index contributed by atoms with van der Waals surface area (Å²) >= 11 is 0. The first-order valence-electron chi connectivity index (χ1n) is 8.86. The van der Waals surface area contributed by atoms with Crippen molar-refractivity contribution in [2.75, 3.05) is 0 Å². The number of nitrogens with one attached hydrogen (secondary N) is 2. The van der Waals surface area contributed by atoms with Gasteiger partial charge in [0.25, 0.3) is 0 Å². The molecule has 0 unspecified atom stereocenters. The van der Waals surface area contributed by atoms with Crippen LogP contribution in [0.2, 0.25) is 0 Å². The molecule has 0 saturated carbocycles. The van der Waals surface area contributed by atoms with Crippen LogP contribution in [-0.2, 0) is 19.5 Å². The minimum Gasteiger partial charge on any atom is -0.342 e. The first-order valence-corrected chi connectivity index (χ1v) is 8.86. The molecule has 0 atom stereocenters. The van der Waals surface area contributed by atoms with E-state index in [0.717, 1.165) is 40.0 Å². The zero-order valence-electron chi connectivity index (χ0n) is 14.8. The molecular formula is C22H19N5. The summed E-state index contributed by atoms with van der Waals surface area (Å²) in [6.45, 7) is 1.45. The Labute approximate surface area is 157 Å². The number of rotatable bonds is 6. The van der Waals surface area contributed by atoms with Crippen LogP contribution in [0.15, 0.2) is 67.1 Å². The van der Waals surface area contributed by atoms with Crippen LogP contribution >= 0.6 is 0 Å². The molecule has 0 saturated heterocycles. The molecule has 1 aromatic carbocycles. The molecule has 5 nitrogen and oxygen atoms in total. The largest absolute Gasteiger partial charge is 0.342 e. The van der Waals surface area contributed by atoms with Gasteiger partial charge in [0.15, 0.2) is 0 Å². The van der Waals surface area contributed by atoms with E-state index in [1.165, 1.54) is 5.56 Å². The van der Waals surface area contributed by atoms with Gasteiger partial charge in [-0.15, -0.1) is 0 Å². The summed E-state index contributed by atoms with van der Waals surface area (Å²) in [7, 11) is 0. The van der Waals surface area contributed by atoms with Crippen molar-refractivity contribution in [1.82, 2.24) is 20.3 Å². The number of H-pyrrole nitrogens is 1. The van der Waals surface area contributed by atoms with Crippen molar-refractivity contribution in [2.45, 2.75) is 19.5 Å². The summed E-state index contributed by atoms with van der Waals surface area (Å²) in [5, 5.41) is 13.6. The fourth-order valence-corrected chi connectivity index (χ4v) is 3.30. The van der Waals surface area contributed by atoms with Gasteiger partial charge in [-0.2, -0.15) is 5.26 Å². The van der Waals surface area contributed by atoms with Gasteiger partial charge in [-0.1, -0.05) is 24.3 Å². The zero-order valence-corrected chi connectivity index (χ0v) is 14.8. The molecule has 0 aliphatic carbocycles. The summed E-state index contributed by atoms with van der Waals surface area (Å²) in [4.78, 5) is 12.0. The van der Waals surface area contributed by atoms with Crippen molar-refractivity contribution in [3.05, 3.63) is 83.9 Å². The van der Waals surface area contributed by atoms with Crippen LogP contribution in [-0.4, -0.2) is 15.0 Å². The Hall–Kier alpha value is -3.49. The molecule has 3 heterocycles. The third-order valence-corrected chi connectivity index (χ3v) is 4.53. The van der Waals surface area contributed by atoms with Gasteiger partial charge in [-0.25, -0.2) is 4.98 Å². The van der Waals surface area contributed by atoms with E-state index in [1.54, 1.807) is 18.6 Å². The molecule has 0 spiro atoms. The molecular weight excluding hydrogens is 334 g/mol. The monoisotopic (exact) mass is 353 g/mol. The second kappa shape index (κ2) is 7.81. The fourth-order valence-electron chi connectivity index (χ4n) is 3.30. The molecule has 0 aliphatic rings. The molecule has 0 aliphatic heterocycles. The first kappa shape index (κ1) is 17.0. The number of fused-ring (bicyclic) bond motifs is 1. The highest BCUT2D eigenvalue weighted by molar-refractivity contribution is 5.95. The number of benzene rings is 1. The Kier molecular flexibility index (Phi) is 4.91. The summed E-state index contributed by atoms with van der Waals surface area (Å²) in [5.41, 5.74) is 6.41. The standard InChI is InChI=1S/C22H19N5/c23-9-6-16-3-1-4-18(13-16)21-19-5-2-10-26-22(19)27-20(21)15-25-14-17-7-11-24-12-8-17/h1-5,7-8,10-13,25H,6,14-15H2,(H,26,27). The third kappa shape index (κ3) is 3.71. The lowest BCUT2D eigenvalue weighted by Gasteiger charge is -2.08. The fraction of sp³-hybridized carbons (Fsp3) is 0.136. The molecule has 27 heavy (non-hydrogen) atoms. The average molecular weight is 353 g/mol. The van der Waals surface area contributed by atoms with Crippen LogP contribution in [0.1, 0.15) is 16.8 Å². The Balaban J connectivity index is 1.67. The zero-order chi connectivity index (χ0) is 18.5. The first-order chi connectivity index (χ1) is 13.3. The van der Waals surface area contributed by atoms with Crippen molar-refractivity contribution >= 4 is 11.0 Å². The van der Waals surface area contributed by atoms with Gasteiger partial charge in [-0.05, 0) is 41.0 Å². The summed E-state index contributed by atoms with van der Waals surface area (Å²) in [6.07, 6.45) is 5.80. The number of pyridine rings is 2. The second-order valence-electron chi connectivity index (χ2n) is 6.37. The Bertz CT molecular complexity index is 1090. The predicted octanol–water partition coefficient (Wildman–Crippen LogP) is 3.98. The Morgan fingerprint density at radius 1 is 0.963 bits per heavy atom. The van der Waals surface area contributed by atoms with Gasteiger partial charge >= 0.3 is 0 Å². The third-order valence-electron chi connectivity index (χ3n) is 4.53. The smallest absolute Gasteiger partial charge is 0.138 e. The van der Waals surface area contributed by atoms with Gasteiger partial charge in [0, 0.05) is 48.3 Å². The maximum atomic E-state index is 9.01. The molecule has 0 amide bonds. The van der Waals surface area contributed by atoms with E-state index in [0.29, 0.717) is 13.0 Å². The highest BCUT2D eigenvalue weighted by atomic mass is 14.9. The molecule has 0 radical (unpaired) electrons. The number of hydrogen-bond acceptors (Lipinski definition) is 4. The van der Waals surface area contributed by atoms with Crippen molar-refractivity contribution in [3.8, 4) is 17.2 Å². The molecule has 3 aromatic heterocycles. The van der Waals surface area contributed by atoms with Crippen LogP contribution in [0.5, 0.6) is 0 Å². The lowest BCUT2D eigenvalue weighted by atomic mass is 9.99. The summed E-state index contributed by atoms with van der Waals surface area (Å²) < 4.78 is 0. The number of aromatic nitrogens is 3. The van der Waals surface area contributed by atoms with E-state index in [4.69, 9.17) is 5.26 Å². The molecule has 2 N–H and O–H groups in total. The molecule has 5 heteroatoms. The molecule has 0 fully saturated rings. The minimum absolute atomic E-state index is 0.407. The van der Waals surface area contributed by atoms with Gasteiger partial charge in [0.2, 0.25) is 0 Å². The van der Waals surface area contributed by atoms with Crippen LogP contribution in [0.4, 0.5) is 0 Å². The quantitative estimate of drug-likeness (QED) is 0.550. The molecule has 4 rings (SSSR count). The van der Waals surface area contributed by atoms with Crippen LogP contribution in [0.25, 0.3) is 22.2 Å². The van der Waals surface area contributed by atoms with Gasteiger partial charge in [-0.3, -0.25) is 4.98 Å².